The molecule has 0 spiro atoms. The van der Waals surface area contributed by atoms with Gasteiger partial charge in [0.1, 0.15) is 0 Å². The number of ether oxygens (including phenoxy) is 3. The maximum atomic E-state index is 12.2. The van der Waals surface area contributed by atoms with Crippen LogP contribution in [-0.2, 0) is 11.2 Å². The van der Waals surface area contributed by atoms with Crippen LogP contribution in [0.1, 0.15) is 24.0 Å². The van der Waals surface area contributed by atoms with E-state index in [9.17, 15) is 4.79 Å². The van der Waals surface area contributed by atoms with Crippen molar-refractivity contribution in [3.05, 3.63) is 72.3 Å². The number of aromatic nitrogens is 2. The van der Waals surface area contributed by atoms with Crippen LogP contribution in [0.25, 0.3) is 11.8 Å². The number of nitrogens with one attached hydrogen (secondary N) is 1. The highest BCUT2D eigenvalue weighted by atomic mass is 16.5. The number of imidazole rings is 1. The average molecular weight is 493 g/mol. The molecule has 3 rings (SSSR count). The van der Waals surface area contributed by atoms with E-state index in [2.05, 4.69) is 22.2 Å². The summed E-state index contributed by atoms with van der Waals surface area (Å²) in [6.07, 6.45) is 11.4. The zero-order chi connectivity index (χ0) is 25.8. The van der Waals surface area contributed by atoms with E-state index < -0.39 is 0 Å². The van der Waals surface area contributed by atoms with Crippen LogP contribution in [0.5, 0.6) is 17.2 Å². The Morgan fingerprint density at radius 1 is 1.06 bits per heavy atom. The molecule has 0 bridgehead atoms. The van der Waals surface area contributed by atoms with E-state index in [-0.39, 0.29) is 5.91 Å². The molecule has 1 amide bonds. The molecule has 0 unspecified atom stereocenters. The summed E-state index contributed by atoms with van der Waals surface area (Å²) in [6.45, 7) is 2.43. The Bertz CT molecular complexity index is 1090. The van der Waals surface area contributed by atoms with Crippen LogP contribution in [0, 0.1) is 0 Å². The minimum absolute atomic E-state index is 0.0290. The van der Waals surface area contributed by atoms with Gasteiger partial charge in [0.05, 0.1) is 27.7 Å². The molecule has 3 aromatic rings. The molecule has 36 heavy (non-hydrogen) atoms. The van der Waals surface area contributed by atoms with Crippen LogP contribution in [-0.4, -0.2) is 68.4 Å². The lowest BCUT2D eigenvalue weighted by atomic mass is 10.1. The number of carbonyl (C=O) groups excluding carboxylic acids is 1. The van der Waals surface area contributed by atoms with Crippen molar-refractivity contribution in [2.45, 2.75) is 19.3 Å². The molecule has 1 aromatic heterocycles. The van der Waals surface area contributed by atoms with Gasteiger partial charge in [0.15, 0.2) is 11.5 Å². The maximum absolute atomic E-state index is 12.2. The minimum atomic E-state index is 0.0290. The van der Waals surface area contributed by atoms with Crippen LogP contribution < -0.4 is 19.5 Å². The summed E-state index contributed by atoms with van der Waals surface area (Å²) in [5.74, 6) is 1.96. The molecule has 0 atom stereocenters. The average Bonchev–Trinajstić information content (AvgIpc) is 3.44. The van der Waals surface area contributed by atoms with Crippen LogP contribution in [0.4, 0.5) is 0 Å². The molecule has 0 radical (unpaired) electrons. The summed E-state index contributed by atoms with van der Waals surface area (Å²) in [6, 6.07) is 12.1. The zero-order valence-electron chi connectivity index (χ0n) is 21.6. The van der Waals surface area contributed by atoms with Crippen molar-refractivity contribution in [3.63, 3.8) is 0 Å². The SMILES string of the molecule is COc1cc(CCN(C)CCCNC(=O)CC=Cc2ccc(-n3ccnc3)cc2)cc(OC)c1OC. The highest BCUT2D eigenvalue weighted by Crippen LogP contribution is 2.38. The Morgan fingerprint density at radius 3 is 2.39 bits per heavy atom. The van der Waals surface area contributed by atoms with Gasteiger partial charge in [-0.3, -0.25) is 4.79 Å². The summed E-state index contributed by atoms with van der Waals surface area (Å²) < 4.78 is 18.2. The Labute approximate surface area is 213 Å². The van der Waals surface area contributed by atoms with Crippen LogP contribution in [0.15, 0.2) is 61.2 Å². The van der Waals surface area contributed by atoms with Crippen molar-refractivity contribution in [3.8, 4) is 22.9 Å². The van der Waals surface area contributed by atoms with Gasteiger partial charge in [-0.1, -0.05) is 24.3 Å². The third-order valence-corrected chi connectivity index (χ3v) is 5.85. The Morgan fingerprint density at radius 2 is 1.78 bits per heavy atom. The molecule has 192 valence electrons. The van der Waals surface area contributed by atoms with Gasteiger partial charge >= 0.3 is 0 Å². The molecule has 2 aromatic carbocycles. The molecule has 8 nitrogen and oxygen atoms in total. The molecule has 0 aliphatic carbocycles. The number of benzene rings is 2. The fourth-order valence-corrected chi connectivity index (χ4v) is 3.83. The molecular weight excluding hydrogens is 456 g/mol. The first-order valence-corrected chi connectivity index (χ1v) is 12.0. The number of amides is 1. The predicted octanol–water partition coefficient (Wildman–Crippen LogP) is 3.98. The lowest BCUT2D eigenvalue weighted by Gasteiger charge is -2.18. The van der Waals surface area contributed by atoms with Crippen molar-refractivity contribution >= 4 is 12.0 Å². The standard InChI is InChI=1S/C28H36N4O4/c1-31(17-13-23-19-25(34-2)28(36-4)26(20-23)35-3)16-6-14-30-27(33)8-5-7-22-9-11-24(12-10-22)32-18-15-29-21-32/h5,7,9-12,15,18-21H,6,8,13-14,16-17H2,1-4H3,(H,30,33). The van der Waals surface area contributed by atoms with E-state index in [1.165, 1.54) is 0 Å². The van der Waals surface area contributed by atoms with E-state index in [4.69, 9.17) is 14.2 Å². The fourth-order valence-electron chi connectivity index (χ4n) is 3.83. The normalized spacial score (nSPS) is 11.1. The molecular formula is C28H36N4O4. The minimum Gasteiger partial charge on any atom is -0.493 e. The van der Waals surface area contributed by atoms with Gasteiger partial charge in [-0.05, 0) is 61.8 Å². The Kier molecular flexibility index (Phi) is 10.4. The highest BCUT2D eigenvalue weighted by Gasteiger charge is 2.13. The molecule has 0 saturated heterocycles. The van der Waals surface area contributed by atoms with Crippen LogP contribution in [0.2, 0.25) is 0 Å². The number of carbonyl (C=O) groups is 1. The first-order valence-electron chi connectivity index (χ1n) is 12.0. The van der Waals surface area contributed by atoms with Gasteiger partial charge in [-0.25, -0.2) is 4.98 Å². The molecule has 8 heteroatoms. The summed E-state index contributed by atoms with van der Waals surface area (Å²) in [7, 11) is 6.93. The van der Waals surface area contributed by atoms with Crippen molar-refractivity contribution in [2.24, 2.45) is 0 Å². The van der Waals surface area contributed by atoms with E-state index in [0.29, 0.717) is 30.2 Å². The topological polar surface area (TPSA) is 77.9 Å². The van der Waals surface area contributed by atoms with E-state index in [1.807, 2.05) is 59.3 Å². The second-order valence-electron chi connectivity index (χ2n) is 8.46. The van der Waals surface area contributed by atoms with Crippen LogP contribution >= 0.6 is 0 Å². The van der Waals surface area contributed by atoms with Gasteiger partial charge < -0.3 is 29.0 Å². The summed E-state index contributed by atoms with van der Waals surface area (Å²) in [4.78, 5) is 18.5. The molecule has 1 N–H and O–H groups in total. The van der Waals surface area contributed by atoms with E-state index >= 15 is 0 Å². The van der Waals surface area contributed by atoms with Crippen molar-refractivity contribution in [2.75, 3.05) is 48.0 Å². The lowest BCUT2D eigenvalue weighted by Crippen LogP contribution is -2.28. The summed E-state index contributed by atoms with van der Waals surface area (Å²) in [5.41, 5.74) is 3.23. The van der Waals surface area contributed by atoms with Gasteiger partial charge in [0.25, 0.3) is 0 Å². The third kappa shape index (κ3) is 7.88. The van der Waals surface area contributed by atoms with Crippen molar-refractivity contribution < 1.29 is 19.0 Å². The highest BCUT2D eigenvalue weighted by molar-refractivity contribution is 5.78. The second-order valence-corrected chi connectivity index (χ2v) is 8.46. The number of hydrogen-bond donors (Lipinski definition) is 1. The van der Waals surface area contributed by atoms with E-state index in [1.54, 1.807) is 33.9 Å². The summed E-state index contributed by atoms with van der Waals surface area (Å²) in [5, 5.41) is 2.99. The maximum Gasteiger partial charge on any atom is 0.223 e. The first-order chi connectivity index (χ1) is 17.5. The van der Waals surface area contributed by atoms with Crippen LogP contribution in [0.3, 0.4) is 0 Å². The number of likely N-dealkylation sites (N-methyl/N-ethyl adjacent to an activating group) is 1. The quantitative estimate of drug-likeness (QED) is 0.343. The van der Waals surface area contributed by atoms with Crippen molar-refractivity contribution in [1.82, 2.24) is 19.8 Å². The monoisotopic (exact) mass is 492 g/mol. The second kappa shape index (κ2) is 13.9. The largest absolute Gasteiger partial charge is 0.493 e. The Balaban J connectivity index is 1.33. The number of methoxy groups -OCH3 is 3. The van der Waals surface area contributed by atoms with Gasteiger partial charge in [-0.2, -0.15) is 0 Å². The van der Waals surface area contributed by atoms with Gasteiger partial charge in [-0.15, -0.1) is 0 Å². The smallest absolute Gasteiger partial charge is 0.223 e. The van der Waals surface area contributed by atoms with Gasteiger partial charge in [0.2, 0.25) is 11.7 Å². The molecule has 0 aliphatic heterocycles. The number of rotatable bonds is 14. The van der Waals surface area contributed by atoms with E-state index in [0.717, 1.165) is 42.7 Å². The van der Waals surface area contributed by atoms with Gasteiger partial charge in [0, 0.05) is 37.6 Å². The molecule has 0 saturated carbocycles. The molecule has 0 aliphatic rings. The predicted molar refractivity (Wildman–Crippen MR) is 142 cm³/mol. The lowest BCUT2D eigenvalue weighted by molar-refractivity contribution is -0.120. The first kappa shape index (κ1) is 26.8. The molecule has 1 heterocycles. The summed E-state index contributed by atoms with van der Waals surface area (Å²) >= 11 is 0. The number of hydrogen-bond acceptors (Lipinski definition) is 6. The third-order valence-electron chi connectivity index (χ3n) is 5.85. The van der Waals surface area contributed by atoms with Crippen molar-refractivity contribution in [1.29, 1.82) is 0 Å². The zero-order valence-corrected chi connectivity index (χ0v) is 21.6. The fraction of sp³-hybridized carbons (Fsp3) is 0.357. The Hall–Kier alpha value is -3.78. The molecule has 0 fully saturated rings. The number of nitrogens with zero attached hydrogens (tertiary/aromatic N) is 3.